The van der Waals surface area contributed by atoms with Gasteiger partial charge in [0.2, 0.25) is 5.95 Å². The molecule has 2 N–H and O–H groups in total. The maximum Gasteiger partial charge on any atom is 0.243 e. The van der Waals surface area contributed by atoms with Crippen molar-refractivity contribution in [1.29, 1.82) is 0 Å². The van der Waals surface area contributed by atoms with Gasteiger partial charge in [0.15, 0.2) is 0 Å². The number of hydrogen-bond acceptors (Lipinski definition) is 5. The van der Waals surface area contributed by atoms with Crippen molar-refractivity contribution in [1.82, 2.24) is 15.2 Å². The summed E-state index contributed by atoms with van der Waals surface area (Å²) < 4.78 is 0. The van der Waals surface area contributed by atoms with Crippen LogP contribution in [-0.2, 0) is 0 Å². The van der Waals surface area contributed by atoms with Crippen LogP contribution in [0.4, 0.5) is 5.95 Å². The number of aromatic nitrogens is 3. The van der Waals surface area contributed by atoms with Gasteiger partial charge in [-0.2, -0.15) is 0 Å². The van der Waals surface area contributed by atoms with Crippen LogP contribution in [0.5, 0.6) is 0 Å². The molecule has 0 saturated carbocycles. The lowest BCUT2D eigenvalue weighted by molar-refractivity contribution is 0.188. The van der Waals surface area contributed by atoms with E-state index in [4.69, 9.17) is 5.11 Å². The molecule has 1 aromatic heterocycles. The molecule has 1 aromatic carbocycles. The number of hydrogen-bond donors (Lipinski definition) is 2. The number of para-hydroxylation sites is 1. The molecule has 0 spiro atoms. The topological polar surface area (TPSA) is 70.9 Å². The van der Waals surface area contributed by atoms with E-state index in [2.05, 4.69) is 20.5 Å². The lowest BCUT2D eigenvalue weighted by Gasteiger charge is -2.06. The number of anilines is 1. The van der Waals surface area contributed by atoms with Gasteiger partial charge in [-0.3, -0.25) is 0 Å². The van der Waals surface area contributed by atoms with Crippen LogP contribution < -0.4 is 5.32 Å². The Morgan fingerprint density at radius 3 is 2.75 bits per heavy atom. The second-order valence-electron chi connectivity index (χ2n) is 3.69. The third kappa shape index (κ3) is 2.64. The molecule has 2 rings (SSSR count). The van der Waals surface area contributed by atoms with E-state index < -0.39 is 0 Å². The second kappa shape index (κ2) is 4.85. The highest BCUT2D eigenvalue weighted by atomic mass is 16.3. The van der Waals surface area contributed by atoms with Crippen molar-refractivity contribution in [3.8, 4) is 0 Å². The zero-order valence-electron chi connectivity index (χ0n) is 9.09. The van der Waals surface area contributed by atoms with Crippen LogP contribution >= 0.6 is 0 Å². The van der Waals surface area contributed by atoms with E-state index in [1.807, 2.05) is 24.3 Å². The fourth-order valence-corrected chi connectivity index (χ4v) is 1.35. The van der Waals surface area contributed by atoms with E-state index >= 15 is 0 Å². The quantitative estimate of drug-likeness (QED) is 0.807. The molecule has 5 heteroatoms. The molecule has 0 saturated heterocycles. The highest BCUT2D eigenvalue weighted by Gasteiger charge is 2.01. The van der Waals surface area contributed by atoms with Gasteiger partial charge in [-0.05, 0) is 25.5 Å². The van der Waals surface area contributed by atoms with Gasteiger partial charge in [-0.1, -0.05) is 12.1 Å². The lowest BCUT2D eigenvalue weighted by atomic mass is 10.3. The molecule has 0 aliphatic rings. The zero-order valence-corrected chi connectivity index (χ0v) is 9.09. The first kappa shape index (κ1) is 10.8. The molecule has 16 heavy (non-hydrogen) atoms. The molecule has 5 nitrogen and oxygen atoms in total. The number of aliphatic hydroxyl groups is 1. The number of fused-ring (bicyclic) bond motifs is 1. The second-order valence-corrected chi connectivity index (χ2v) is 3.69. The lowest BCUT2D eigenvalue weighted by Crippen LogP contribution is -2.12. The third-order valence-corrected chi connectivity index (χ3v) is 2.21. The van der Waals surface area contributed by atoms with Gasteiger partial charge >= 0.3 is 0 Å². The smallest absolute Gasteiger partial charge is 0.243 e. The van der Waals surface area contributed by atoms with Crippen LogP contribution in [0.3, 0.4) is 0 Å². The van der Waals surface area contributed by atoms with E-state index in [-0.39, 0.29) is 6.10 Å². The summed E-state index contributed by atoms with van der Waals surface area (Å²) in [6.07, 6.45) is 0.344. The van der Waals surface area contributed by atoms with Crippen LogP contribution in [0.15, 0.2) is 24.3 Å². The number of benzene rings is 1. The number of nitrogens with zero attached hydrogens (tertiary/aromatic N) is 3. The zero-order chi connectivity index (χ0) is 11.4. The SMILES string of the molecule is CC(O)CCNc1nnc2ccccc2n1. The fraction of sp³-hybridized carbons (Fsp3) is 0.364. The first-order valence-electron chi connectivity index (χ1n) is 5.27. The van der Waals surface area contributed by atoms with Crippen molar-refractivity contribution >= 4 is 17.0 Å². The summed E-state index contributed by atoms with van der Waals surface area (Å²) in [7, 11) is 0. The largest absolute Gasteiger partial charge is 0.393 e. The van der Waals surface area contributed by atoms with Gasteiger partial charge in [-0.15, -0.1) is 10.2 Å². The maximum absolute atomic E-state index is 9.11. The van der Waals surface area contributed by atoms with Crippen molar-refractivity contribution in [3.05, 3.63) is 24.3 Å². The Morgan fingerprint density at radius 2 is 2.00 bits per heavy atom. The Hall–Kier alpha value is -1.75. The summed E-state index contributed by atoms with van der Waals surface area (Å²) in [5, 5.41) is 20.1. The highest BCUT2D eigenvalue weighted by Crippen LogP contribution is 2.08. The first-order valence-corrected chi connectivity index (χ1v) is 5.27. The molecule has 0 aliphatic carbocycles. The number of nitrogens with one attached hydrogen (secondary N) is 1. The van der Waals surface area contributed by atoms with E-state index in [1.54, 1.807) is 6.92 Å². The summed E-state index contributed by atoms with van der Waals surface area (Å²) in [6, 6.07) is 7.58. The molecular weight excluding hydrogens is 204 g/mol. The van der Waals surface area contributed by atoms with Crippen molar-refractivity contribution in [3.63, 3.8) is 0 Å². The minimum absolute atomic E-state index is 0.319. The Kier molecular flexibility index (Phi) is 3.26. The summed E-state index contributed by atoms with van der Waals surface area (Å²) >= 11 is 0. The number of aliphatic hydroxyl groups excluding tert-OH is 1. The predicted molar refractivity (Wildman–Crippen MR) is 62.1 cm³/mol. The molecule has 1 heterocycles. The van der Waals surface area contributed by atoms with E-state index in [0.717, 1.165) is 11.0 Å². The van der Waals surface area contributed by atoms with E-state index in [0.29, 0.717) is 18.9 Å². The molecule has 0 bridgehead atoms. The molecule has 0 amide bonds. The Morgan fingerprint density at radius 1 is 1.25 bits per heavy atom. The van der Waals surface area contributed by atoms with Crippen LogP contribution in [-0.4, -0.2) is 32.9 Å². The molecule has 84 valence electrons. The Labute approximate surface area is 93.5 Å². The monoisotopic (exact) mass is 218 g/mol. The van der Waals surface area contributed by atoms with Crippen molar-refractivity contribution in [2.24, 2.45) is 0 Å². The van der Waals surface area contributed by atoms with Crippen LogP contribution in [0.25, 0.3) is 11.0 Å². The van der Waals surface area contributed by atoms with Gasteiger partial charge in [0, 0.05) is 6.54 Å². The average Bonchev–Trinajstić information content (AvgIpc) is 2.28. The number of rotatable bonds is 4. The van der Waals surface area contributed by atoms with Crippen molar-refractivity contribution in [2.45, 2.75) is 19.4 Å². The molecular formula is C11H14N4O. The molecule has 2 aromatic rings. The predicted octanol–water partition coefficient (Wildman–Crippen LogP) is 1.21. The van der Waals surface area contributed by atoms with Crippen LogP contribution in [0.2, 0.25) is 0 Å². The van der Waals surface area contributed by atoms with Gasteiger partial charge in [0.05, 0.1) is 11.6 Å². The minimum atomic E-state index is -0.319. The Bertz CT molecular complexity index is 472. The first-order chi connectivity index (χ1) is 7.75. The van der Waals surface area contributed by atoms with Crippen molar-refractivity contribution in [2.75, 3.05) is 11.9 Å². The van der Waals surface area contributed by atoms with Gasteiger partial charge < -0.3 is 10.4 Å². The van der Waals surface area contributed by atoms with Gasteiger partial charge in [0.25, 0.3) is 0 Å². The third-order valence-electron chi connectivity index (χ3n) is 2.21. The van der Waals surface area contributed by atoms with E-state index in [9.17, 15) is 0 Å². The standard InChI is InChI=1S/C11H14N4O/c1-8(16)6-7-12-11-13-9-4-2-3-5-10(9)14-15-11/h2-5,8,16H,6-7H2,1H3,(H,12,13,15). The van der Waals surface area contributed by atoms with Crippen LogP contribution in [0.1, 0.15) is 13.3 Å². The summed E-state index contributed by atoms with van der Waals surface area (Å²) in [5.74, 6) is 0.499. The molecule has 1 unspecified atom stereocenters. The fourth-order valence-electron chi connectivity index (χ4n) is 1.35. The summed E-state index contributed by atoms with van der Waals surface area (Å²) in [5.41, 5.74) is 1.60. The van der Waals surface area contributed by atoms with Crippen LogP contribution in [0, 0.1) is 0 Å². The van der Waals surface area contributed by atoms with Crippen molar-refractivity contribution < 1.29 is 5.11 Å². The molecule has 0 aliphatic heterocycles. The van der Waals surface area contributed by atoms with Gasteiger partial charge in [0.1, 0.15) is 5.52 Å². The van der Waals surface area contributed by atoms with Gasteiger partial charge in [-0.25, -0.2) is 4.98 Å². The minimum Gasteiger partial charge on any atom is -0.393 e. The van der Waals surface area contributed by atoms with E-state index in [1.165, 1.54) is 0 Å². The Balaban J connectivity index is 2.08. The highest BCUT2D eigenvalue weighted by molar-refractivity contribution is 5.73. The average molecular weight is 218 g/mol. The molecule has 0 fully saturated rings. The molecule has 0 radical (unpaired) electrons. The summed E-state index contributed by atoms with van der Waals surface area (Å²) in [6.45, 7) is 2.39. The summed E-state index contributed by atoms with van der Waals surface area (Å²) in [4.78, 5) is 4.31. The molecule has 1 atom stereocenters. The maximum atomic E-state index is 9.11. The normalized spacial score (nSPS) is 12.6.